The number of halogens is 1. The van der Waals surface area contributed by atoms with Crippen molar-refractivity contribution in [3.8, 4) is 11.5 Å². The van der Waals surface area contributed by atoms with Gasteiger partial charge in [-0.05, 0) is 42.7 Å². The number of rotatable bonds is 8. The van der Waals surface area contributed by atoms with Crippen molar-refractivity contribution in [2.24, 2.45) is 0 Å². The molecule has 0 unspecified atom stereocenters. The number of hydrogen-bond donors (Lipinski definition) is 0. The first-order chi connectivity index (χ1) is 13.5. The Morgan fingerprint density at radius 3 is 2.39 bits per heavy atom. The maximum atomic E-state index is 12.8. The van der Waals surface area contributed by atoms with Crippen LogP contribution in [-0.2, 0) is 22.4 Å². The summed E-state index contributed by atoms with van der Waals surface area (Å²) in [6.07, 6.45) is -0.0624. The molecule has 0 saturated heterocycles. The van der Waals surface area contributed by atoms with E-state index < -0.39 is 6.09 Å². The average Bonchev–Trinajstić information content (AvgIpc) is 2.70. The number of nitrogens with zero attached hydrogens (tertiary/aromatic N) is 1. The SMILES string of the molecule is CCOC(=O)N(CCc1ccc(OC)c(OC)c1)C(=O)Cc1ccccc1Br. The molecule has 28 heavy (non-hydrogen) atoms. The van der Waals surface area contributed by atoms with E-state index >= 15 is 0 Å². The first kappa shape index (κ1) is 21.8. The number of imide groups is 1. The van der Waals surface area contributed by atoms with Crippen molar-refractivity contribution < 1.29 is 23.8 Å². The molecule has 0 radical (unpaired) electrons. The zero-order valence-corrected chi connectivity index (χ0v) is 17.8. The van der Waals surface area contributed by atoms with Crippen LogP contribution in [0.2, 0.25) is 0 Å². The maximum absolute atomic E-state index is 12.8. The van der Waals surface area contributed by atoms with E-state index in [0.717, 1.165) is 20.5 Å². The number of ether oxygens (including phenoxy) is 3. The van der Waals surface area contributed by atoms with Crippen molar-refractivity contribution in [3.05, 3.63) is 58.1 Å². The maximum Gasteiger partial charge on any atom is 0.416 e. The van der Waals surface area contributed by atoms with Crippen LogP contribution in [0.15, 0.2) is 46.9 Å². The summed E-state index contributed by atoms with van der Waals surface area (Å²) in [6, 6.07) is 12.9. The van der Waals surface area contributed by atoms with Gasteiger partial charge in [-0.3, -0.25) is 4.79 Å². The lowest BCUT2D eigenvalue weighted by Crippen LogP contribution is -2.39. The Labute approximate surface area is 173 Å². The van der Waals surface area contributed by atoms with E-state index in [4.69, 9.17) is 14.2 Å². The summed E-state index contributed by atoms with van der Waals surface area (Å²) in [5.41, 5.74) is 1.73. The third-order valence-electron chi connectivity index (χ3n) is 4.16. The molecule has 0 N–H and O–H groups in total. The van der Waals surface area contributed by atoms with Crippen LogP contribution in [0, 0.1) is 0 Å². The third kappa shape index (κ3) is 5.73. The van der Waals surface area contributed by atoms with E-state index in [-0.39, 0.29) is 25.5 Å². The van der Waals surface area contributed by atoms with Crippen LogP contribution in [0.1, 0.15) is 18.1 Å². The molecule has 0 aliphatic rings. The molecule has 0 spiro atoms. The highest BCUT2D eigenvalue weighted by Crippen LogP contribution is 2.27. The molecule has 0 bridgehead atoms. The Kier molecular flexibility index (Phi) is 8.32. The van der Waals surface area contributed by atoms with Crippen molar-refractivity contribution in [1.29, 1.82) is 0 Å². The van der Waals surface area contributed by atoms with Gasteiger partial charge in [-0.15, -0.1) is 0 Å². The Morgan fingerprint density at radius 2 is 1.75 bits per heavy atom. The summed E-state index contributed by atoms with van der Waals surface area (Å²) in [6.45, 7) is 2.12. The van der Waals surface area contributed by atoms with Crippen molar-refractivity contribution in [1.82, 2.24) is 4.90 Å². The Bertz CT molecular complexity index is 824. The first-order valence-corrected chi connectivity index (χ1v) is 9.70. The molecule has 2 aromatic rings. The monoisotopic (exact) mass is 449 g/mol. The summed E-state index contributed by atoms with van der Waals surface area (Å²) in [5.74, 6) is 0.909. The molecule has 0 saturated carbocycles. The first-order valence-electron chi connectivity index (χ1n) is 8.91. The molecule has 150 valence electrons. The van der Waals surface area contributed by atoms with Gasteiger partial charge in [-0.25, -0.2) is 9.69 Å². The predicted molar refractivity (Wildman–Crippen MR) is 110 cm³/mol. The zero-order chi connectivity index (χ0) is 20.5. The van der Waals surface area contributed by atoms with Crippen molar-refractivity contribution in [2.45, 2.75) is 19.8 Å². The molecule has 7 heteroatoms. The molecular weight excluding hydrogens is 426 g/mol. The standard InChI is InChI=1S/C21H24BrNO5/c1-4-28-21(25)23(20(24)14-16-7-5-6-8-17(16)22)12-11-15-9-10-18(26-2)19(13-15)27-3/h5-10,13H,4,11-12,14H2,1-3H3. The molecule has 2 amide bonds. The summed E-state index contributed by atoms with van der Waals surface area (Å²) >= 11 is 3.43. The minimum atomic E-state index is -0.639. The second-order valence-corrected chi connectivity index (χ2v) is 6.81. The molecule has 2 aromatic carbocycles. The lowest BCUT2D eigenvalue weighted by atomic mass is 10.1. The molecule has 2 rings (SSSR count). The second-order valence-electron chi connectivity index (χ2n) is 5.95. The Balaban J connectivity index is 2.14. The van der Waals surface area contributed by atoms with Gasteiger partial charge in [0.05, 0.1) is 27.2 Å². The van der Waals surface area contributed by atoms with Crippen LogP contribution in [0.4, 0.5) is 4.79 Å². The second kappa shape index (κ2) is 10.7. The fourth-order valence-corrected chi connectivity index (χ4v) is 3.12. The van der Waals surface area contributed by atoms with Crippen molar-refractivity contribution in [3.63, 3.8) is 0 Å². The van der Waals surface area contributed by atoms with Gasteiger partial charge in [0, 0.05) is 11.0 Å². The van der Waals surface area contributed by atoms with Crippen LogP contribution < -0.4 is 9.47 Å². The summed E-state index contributed by atoms with van der Waals surface area (Å²) in [4.78, 5) is 26.3. The van der Waals surface area contributed by atoms with Gasteiger partial charge in [0.15, 0.2) is 11.5 Å². The van der Waals surface area contributed by atoms with Crippen LogP contribution in [-0.4, -0.2) is 44.3 Å². The van der Waals surface area contributed by atoms with Crippen molar-refractivity contribution in [2.75, 3.05) is 27.4 Å². The van der Waals surface area contributed by atoms with E-state index in [2.05, 4.69) is 15.9 Å². The number of carbonyl (C=O) groups is 2. The Hall–Kier alpha value is -2.54. The quantitative estimate of drug-likeness (QED) is 0.602. The molecule has 0 aliphatic carbocycles. The fraction of sp³-hybridized carbons (Fsp3) is 0.333. The number of carbonyl (C=O) groups excluding carboxylic acids is 2. The van der Waals surface area contributed by atoms with E-state index in [1.807, 2.05) is 36.4 Å². The predicted octanol–water partition coefficient (Wildman–Crippen LogP) is 4.24. The minimum Gasteiger partial charge on any atom is -0.493 e. The lowest BCUT2D eigenvalue weighted by Gasteiger charge is -2.21. The van der Waals surface area contributed by atoms with E-state index in [9.17, 15) is 9.59 Å². The highest BCUT2D eigenvalue weighted by molar-refractivity contribution is 9.10. The molecular formula is C21H24BrNO5. The summed E-state index contributed by atoms with van der Waals surface area (Å²) in [5, 5.41) is 0. The van der Waals surface area contributed by atoms with Crippen molar-refractivity contribution >= 4 is 27.9 Å². The molecule has 0 aliphatic heterocycles. The average molecular weight is 450 g/mol. The van der Waals surface area contributed by atoms with E-state index in [1.165, 1.54) is 0 Å². The number of hydrogen-bond acceptors (Lipinski definition) is 5. The van der Waals surface area contributed by atoms with Gasteiger partial charge in [-0.2, -0.15) is 0 Å². The number of methoxy groups -OCH3 is 2. The van der Waals surface area contributed by atoms with Gasteiger partial charge in [0.25, 0.3) is 0 Å². The zero-order valence-electron chi connectivity index (χ0n) is 16.2. The minimum absolute atomic E-state index is 0.103. The lowest BCUT2D eigenvalue weighted by molar-refractivity contribution is -0.128. The largest absolute Gasteiger partial charge is 0.493 e. The Morgan fingerprint density at radius 1 is 1.04 bits per heavy atom. The molecule has 0 fully saturated rings. The van der Waals surface area contributed by atoms with Gasteiger partial charge >= 0.3 is 6.09 Å². The van der Waals surface area contributed by atoms with Crippen LogP contribution >= 0.6 is 15.9 Å². The number of benzene rings is 2. The van der Waals surface area contributed by atoms with Gasteiger partial charge in [0.1, 0.15) is 0 Å². The van der Waals surface area contributed by atoms with Crippen LogP contribution in [0.5, 0.6) is 11.5 Å². The summed E-state index contributed by atoms with van der Waals surface area (Å²) in [7, 11) is 3.13. The fourth-order valence-electron chi connectivity index (χ4n) is 2.70. The summed E-state index contributed by atoms with van der Waals surface area (Å²) < 4.78 is 16.4. The van der Waals surface area contributed by atoms with Crippen LogP contribution in [0.25, 0.3) is 0 Å². The smallest absolute Gasteiger partial charge is 0.416 e. The molecule has 6 nitrogen and oxygen atoms in total. The van der Waals surface area contributed by atoms with Gasteiger partial charge in [0.2, 0.25) is 5.91 Å². The molecule has 0 heterocycles. The third-order valence-corrected chi connectivity index (χ3v) is 4.93. The van der Waals surface area contributed by atoms with E-state index in [1.54, 1.807) is 27.2 Å². The number of amides is 2. The molecule has 0 atom stereocenters. The van der Waals surface area contributed by atoms with Gasteiger partial charge in [-0.1, -0.05) is 40.2 Å². The van der Waals surface area contributed by atoms with Gasteiger partial charge < -0.3 is 14.2 Å². The normalized spacial score (nSPS) is 10.3. The molecule has 0 aromatic heterocycles. The topological polar surface area (TPSA) is 65.1 Å². The van der Waals surface area contributed by atoms with E-state index in [0.29, 0.717) is 17.9 Å². The highest BCUT2D eigenvalue weighted by atomic mass is 79.9. The van der Waals surface area contributed by atoms with Crippen LogP contribution in [0.3, 0.4) is 0 Å². The highest BCUT2D eigenvalue weighted by Gasteiger charge is 2.23.